The van der Waals surface area contributed by atoms with Crippen molar-refractivity contribution in [2.24, 2.45) is 0 Å². The summed E-state index contributed by atoms with van der Waals surface area (Å²) in [7, 11) is 0. The van der Waals surface area contributed by atoms with Crippen molar-refractivity contribution in [3.05, 3.63) is 66.0 Å². The lowest BCUT2D eigenvalue weighted by atomic mass is 10.2. The number of benzene rings is 1. The molecule has 0 atom stereocenters. The minimum atomic E-state index is 0.0653. The van der Waals surface area contributed by atoms with Crippen molar-refractivity contribution in [2.75, 3.05) is 31.1 Å². The molecule has 1 saturated heterocycles. The van der Waals surface area contributed by atoms with Crippen LogP contribution in [0, 0.1) is 0 Å². The first-order valence-electron chi connectivity index (χ1n) is 8.96. The number of allylic oxidation sites excluding steroid dienone is 1. The Bertz CT molecular complexity index is 918. The van der Waals surface area contributed by atoms with E-state index in [9.17, 15) is 4.79 Å². The highest BCUT2D eigenvalue weighted by Gasteiger charge is 2.24. The number of carbonyl (C=O) groups is 1. The lowest BCUT2D eigenvalue weighted by Crippen LogP contribution is -2.49. The van der Waals surface area contributed by atoms with Gasteiger partial charge in [-0.25, -0.2) is 4.98 Å². The highest BCUT2D eigenvalue weighted by atomic mass is 16.2. The van der Waals surface area contributed by atoms with Crippen LogP contribution in [0.3, 0.4) is 0 Å². The normalized spacial score (nSPS) is 15.1. The van der Waals surface area contributed by atoms with E-state index >= 15 is 0 Å². The second-order valence-corrected chi connectivity index (χ2v) is 6.47. The second-order valence-electron chi connectivity index (χ2n) is 6.47. The molecule has 1 aliphatic heterocycles. The molecule has 0 bridgehead atoms. The number of aromatic nitrogens is 2. The van der Waals surface area contributed by atoms with E-state index in [0.29, 0.717) is 18.8 Å². The number of carbonyl (C=O) groups excluding carboxylic acids is 1. The number of pyridine rings is 1. The third-order valence-corrected chi connectivity index (χ3v) is 4.79. The standard InChI is InChI=1S/C21H22N4O/c1-2-6-16-8-5-10-22-20(16)24-11-13-25(14-12-24)21(26)19-15-17-7-3-4-9-18(17)23-19/h2-10,15,23H,11-14H2,1H3/b6-2+. The van der Waals surface area contributed by atoms with E-state index in [1.54, 1.807) is 0 Å². The molecule has 0 saturated carbocycles. The molecular weight excluding hydrogens is 324 g/mol. The average Bonchev–Trinajstić information content (AvgIpc) is 3.12. The zero-order chi connectivity index (χ0) is 17.9. The van der Waals surface area contributed by atoms with Crippen molar-refractivity contribution in [3.63, 3.8) is 0 Å². The smallest absolute Gasteiger partial charge is 0.270 e. The number of anilines is 1. The molecule has 5 nitrogen and oxygen atoms in total. The van der Waals surface area contributed by atoms with Crippen LogP contribution in [-0.2, 0) is 0 Å². The molecule has 1 amide bonds. The second kappa shape index (κ2) is 7.04. The monoisotopic (exact) mass is 346 g/mol. The maximum absolute atomic E-state index is 12.8. The van der Waals surface area contributed by atoms with Crippen LogP contribution in [0.1, 0.15) is 23.0 Å². The molecule has 1 aromatic carbocycles. The van der Waals surface area contributed by atoms with Crippen LogP contribution in [0.5, 0.6) is 0 Å². The first-order chi connectivity index (χ1) is 12.8. The summed E-state index contributed by atoms with van der Waals surface area (Å²) in [6, 6.07) is 13.9. The third kappa shape index (κ3) is 3.08. The number of fused-ring (bicyclic) bond motifs is 1. The van der Waals surface area contributed by atoms with Crippen molar-refractivity contribution < 1.29 is 4.79 Å². The zero-order valence-electron chi connectivity index (χ0n) is 14.9. The SMILES string of the molecule is C/C=C/c1cccnc1N1CCN(C(=O)c2cc3ccccc3[nH]2)CC1. The fraction of sp³-hybridized carbons (Fsp3) is 0.238. The maximum atomic E-state index is 12.8. The summed E-state index contributed by atoms with van der Waals surface area (Å²) in [4.78, 5) is 24.8. The fourth-order valence-electron chi connectivity index (χ4n) is 3.46. The summed E-state index contributed by atoms with van der Waals surface area (Å²) in [5, 5.41) is 1.07. The Morgan fingerprint density at radius 1 is 1.12 bits per heavy atom. The lowest BCUT2D eigenvalue weighted by Gasteiger charge is -2.35. The molecule has 5 heteroatoms. The summed E-state index contributed by atoms with van der Waals surface area (Å²) >= 11 is 0. The molecule has 26 heavy (non-hydrogen) atoms. The van der Waals surface area contributed by atoms with Gasteiger partial charge in [-0.3, -0.25) is 4.79 Å². The molecule has 2 aromatic heterocycles. The molecule has 0 unspecified atom stereocenters. The van der Waals surface area contributed by atoms with Crippen LogP contribution in [0.2, 0.25) is 0 Å². The molecule has 1 N–H and O–H groups in total. The molecule has 0 aliphatic carbocycles. The third-order valence-electron chi connectivity index (χ3n) is 4.79. The number of amides is 1. The molecule has 0 spiro atoms. The lowest BCUT2D eigenvalue weighted by molar-refractivity contribution is 0.0741. The summed E-state index contributed by atoms with van der Waals surface area (Å²) in [5.41, 5.74) is 2.77. The Morgan fingerprint density at radius 2 is 1.92 bits per heavy atom. The van der Waals surface area contributed by atoms with Crippen molar-refractivity contribution in [2.45, 2.75) is 6.92 Å². The molecular formula is C21H22N4O. The quantitative estimate of drug-likeness (QED) is 0.789. The number of hydrogen-bond donors (Lipinski definition) is 1. The predicted octanol–water partition coefficient (Wildman–Crippen LogP) is 3.56. The van der Waals surface area contributed by atoms with Crippen molar-refractivity contribution in [3.8, 4) is 0 Å². The number of para-hydroxylation sites is 1. The maximum Gasteiger partial charge on any atom is 0.270 e. The van der Waals surface area contributed by atoms with Gasteiger partial charge >= 0.3 is 0 Å². The van der Waals surface area contributed by atoms with Gasteiger partial charge in [0.15, 0.2) is 0 Å². The molecule has 3 aromatic rings. The van der Waals surface area contributed by atoms with Crippen LogP contribution in [0.25, 0.3) is 17.0 Å². The highest BCUT2D eigenvalue weighted by molar-refractivity contribution is 5.98. The Kier molecular flexibility index (Phi) is 4.44. The van der Waals surface area contributed by atoms with E-state index in [1.165, 1.54) is 0 Å². The Labute approximate surface area is 153 Å². The Hall–Kier alpha value is -3.08. The summed E-state index contributed by atoms with van der Waals surface area (Å²) in [5.74, 6) is 1.05. The number of piperazine rings is 1. The van der Waals surface area contributed by atoms with E-state index in [1.807, 2.05) is 60.5 Å². The van der Waals surface area contributed by atoms with Crippen LogP contribution in [0.15, 0.2) is 54.7 Å². The molecule has 1 aliphatic rings. The van der Waals surface area contributed by atoms with Crippen LogP contribution in [0.4, 0.5) is 5.82 Å². The van der Waals surface area contributed by atoms with E-state index in [0.717, 1.165) is 35.4 Å². The predicted molar refractivity (Wildman–Crippen MR) is 105 cm³/mol. The number of aromatic amines is 1. The Morgan fingerprint density at radius 3 is 2.69 bits per heavy atom. The Balaban J connectivity index is 1.47. The minimum absolute atomic E-state index is 0.0653. The van der Waals surface area contributed by atoms with Gasteiger partial charge in [-0.1, -0.05) is 30.4 Å². The number of hydrogen-bond acceptors (Lipinski definition) is 3. The van der Waals surface area contributed by atoms with Crippen molar-refractivity contribution in [1.82, 2.24) is 14.9 Å². The van der Waals surface area contributed by atoms with Gasteiger partial charge in [0, 0.05) is 48.8 Å². The van der Waals surface area contributed by atoms with Gasteiger partial charge in [0.1, 0.15) is 11.5 Å². The molecule has 0 radical (unpaired) electrons. The van der Waals surface area contributed by atoms with Gasteiger partial charge < -0.3 is 14.8 Å². The first kappa shape index (κ1) is 16.4. The summed E-state index contributed by atoms with van der Waals surface area (Å²) in [6.45, 7) is 4.97. The van der Waals surface area contributed by atoms with Gasteiger partial charge in [0.05, 0.1) is 0 Å². The van der Waals surface area contributed by atoms with Gasteiger partial charge in [0.25, 0.3) is 5.91 Å². The number of nitrogens with zero attached hydrogens (tertiary/aromatic N) is 3. The first-order valence-corrected chi connectivity index (χ1v) is 8.96. The molecule has 132 valence electrons. The summed E-state index contributed by atoms with van der Waals surface area (Å²) in [6.07, 6.45) is 5.92. The molecule has 1 fully saturated rings. The number of H-pyrrole nitrogens is 1. The van der Waals surface area contributed by atoms with Crippen molar-refractivity contribution in [1.29, 1.82) is 0 Å². The molecule has 3 heterocycles. The van der Waals surface area contributed by atoms with E-state index in [-0.39, 0.29) is 5.91 Å². The average molecular weight is 346 g/mol. The van der Waals surface area contributed by atoms with Crippen LogP contribution >= 0.6 is 0 Å². The largest absolute Gasteiger partial charge is 0.353 e. The van der Waals surface area contributed by atoms with Crippen LogP contribution < -0.4 is 4.90 Å². The van der Waals surface area contributed by atoms with E-state index in [4.69, 9.17) is 0 Å². The fourth-order valence-corrected chi connectivity index (χ4v) is 3.46. The topological polar surface area (TPSA) is 52.2 Å². The zero-order valence-corrected chi connectivity index (χ0v) is 14.9. The molecule has 4 rings (SSSR count). The van der Waals surface area contributed by atoms with Crippen LogP contribution in [-0.4, -0.2) is 47.0 Å². The highest BCUT2D eigenvalue weighted by Crippen LogP contribution is 2.21. The van der Waals surface area contributed by atoms with E-state index < -0.39 is 0 Å². The van der Waals surface area contributed by atoms with Gasteiger partial charge in [-0.05, 0) is 31.2 Å². The summed E-state index contributed by atoms with van der Waals surface area (Å²) < 4.78 is 0. The van der Waals surface area contributed by atoms with Gasteiger partial charge in [0.2, 0.25) is 0 Å². The van der Waals surface area contributed by atoms with Crippen molar-refractivity contribution >= 4 is 28.7 Å². The number of nitrogens with one attached hydrogen (secondary N) is 1. The minimum Gasteiger partial charge on any atom is -0.353 e. The van der Waals surface area contributed by atoms with E-state index in [2.05, 4.69) is 27.0 Å². The van der Waals surface area contributed by atoms with Gasteiger partial charge in [-0.2, -0.15) is 0 Å². The van der Waals surface area contributed by atoms with Gasteiger partial charge in [-0.15, -0.1) is 0 Å². The number of rotatable bonds is 3.